The van der Waals surface area contributed by atoms with Gasteiger partial charge in [0.25, 0.3) is 0 Å². The van der Waals surface area contributed by atoms with Crippen LogP contribution in [0.15, 0.2) is 48.7 Å². The van der Waals surface area contributed by atoms with Gasteiger partial charge in [-0.3, -0.25) is 0 Å². The number of benzene rings is 1. The van der Waals surface area contributed by atoms with E-state index >= 15 is 0 Å². The lowest BCUT2D eigenvalue weighted by molar-refractivity contribution is 0.144. The van der Waals surface area contributed by atoms with E-state index < -0.39 is 0 Å². The molecular formula is C20H25N5O. The predicted octanol–water partition coefficient (Wildman–Crippen LogP) is 2.51. The van der Waals surface area contributed by atoms with Gasteiger partial charge in [-0.15, -0.1) is 0 Å². The molecule has 0 saturated carbocycles. The van der Waals surface area contributed by atoms with Crippen molar-refractivity contribution < 1.29 is 5.11 Å². The lowest BCUT2D eigenvalue weighted by Crippen LogP contribution is -2.39. The topological polar surface area (TPSA) is 65.7 Å². The van der Waals surface area contributed by atoms with Crippen molar-refractivity contribution in [3.63, 3.8) is 0 Å². The van der Waals surface area contributed by atoms with Gasteiger partial charge in [-0.1, -0.05) is 30.3 Å². The number of fused-ring (bicyclic) bond motifs is 1. The fraction of sp³-hybridized carbons (Fsp3) is 0.400. The van der Waals surface area contributed by atoms with Crippen LogP contribution in [0, 0.1) is 5.92 Å². The first-order chi connectivity index (χ1) is 12.8. The molecule has 0 aliphatic carbocycles. The van der Waals surface area contributed by atoms with Gasteiger partial charge in [0.1, 0.15) is 5.82 Å². The number of hydrogen-bond donors (Lipinski definition) is 2. The third kappa shape index (κ3) is 3.71. The lowest BCUT2D eigenvalue weighted by Gasteiger charge is -2.32. The first-order valence-corrected chi connectivity index (χ1v) is 9.31. The van der Waals surface area contributed by atoms with E-state index in [0.29, 0.717) is 5.92 Å². The van der Waals surface area contributed by atoms with Crippen LogP contribution >= 0.6 is 0 Å². The van der Waals surface area contributed by atoms with Crippen molar-refractivity contribution in [1.29, 1.82) is 0 Å². The summed E-state index contributed by atoms with van der Waals surface area (Å²) in [7, 11) is 0. The van der Waals surface area contributed by atoms with Crippen molar-refractivity contribution in [1.82, 2.24) is 19.5 Å². The van der Waals surface area contributed by atoms with Gasteiger partial charge >= 0.3 is 0 Å². The van der Waals surface area contributed by atoms with E-state index in [-0.39, 0.29) is 6.61 Å². The molecule has 6 nitrogen and oxygen atoms in total. The molecule has 4 rings (SSSR count). The smallest absolute Gasteiger partial charge is 0.157 e. The summed E-state index contributed by atoms with van der Waals surface area (Å²) in [6.07, 6.45) is 4.19. The second kappa shape index (κ2) is 7.85. The molecule has 3 aromatic rings. The quantitative estimate of drug-likeness (QED) is 0.714. The third-order valence-corrected chi connectivity index (χ3v) is 5.02. The highest BCUT2D eigenvalue weighted by Crippen LogP contribution is 2.23. The third-order valence-electron chi connectivity index (χ3n) is 5.02. The Morgan fingerprint density at radius 3 is 2.92 bits per heavy atom. The van der Waals surface area contributed by atoms with Crippen molar-refractivity contribution in [3.8, 4) is 11.3 Å². The molecule has 1 aliphatic heterocycles. The average Bonchev–Trinajstić information content (AvgIpc) is 3.16. The van der Waals surface area contributed by atoms with Crippen LogP contribution < -0.4 is 5.32 Å². The van der Waals surface area contributed by atoms with Crippen molar-refractivity contribution in [2.24, 2.45) is 5.92 Å². The molecule has 26 heavy (non-hydrogen) atoms. The number of piperidine rings is 1. The standard InChI is InChI=1S/C20H25N5O/c26-12-11-24-10-4-5-16(15-24)14-21-20-13-18(17-6-2-1-3-7-17)23-19-8-9-22-25(19)20/h1-3,6-9,13,16,21,26H,4-5,10-12,14-15H2. The molecule has 3 heterocycles. The molecule has 1 saturated heterocycles. The fourth-order valence-electron chi connectivity index (χ4n) is 3.71. The predicted molar refractivity (Wildman–Crippen MR) is 103 cm³/mol. The van der Waals surface area contributed by atoms with Crippen LogP contribution in [-0.4, -0.2) is 57.4 Å². The first-order valence-electron chi connectivity index (χ1n) is 9.31. The number of aliphatic hydroxyl groups is 1. The van der Waals surface area contributed by atoms with E-state index in [1.165, 1.54) is 12.8 Å². The Morgan fingerprint density at radius 1 is 1.19 bits per heavy atom. The molecule has 1 unspecified atom stereocenters. The van der Waals surface area contributed by atoms with Gasteiger partial charge in [-0.05, 0) is 25.3 Å². The summed E-state index contributed by atoms with van der Waals surface area (Å²) in [5.41, 5.74) is 2.90. The Morgan fingerprint density at radius 2 is 2.08 bits per heavy atom. The summed E-state index contributed by atoms with van der Waals surface area (Å²) in [5, 5.41) is 17.2. The number of aromatic nitrogens is 3. The van der Waals surface area contributed by atoms with E-state index in [2.05, 4.69) is 33.5 Å². The summed E-state index contributed by atoms with van der Waals surface area (Å²) in [6.45, 7) is 4.03. The van der Waals surface area contributed by atoms with Crippen LogP contribution in [0.2, 0.25) is 0 Å². The van der Waals surface area contributed by atoms with Crippen molar-refractivity contribution in [2.75, 3.05) is 38.1 Å². The number of rotatable bonds is 6. The maximum Gasteiger partial charge on any atom is 0.157 e. The Balaban J connectivity index is 1.53. The molecular weight excluding hydrogens is 326 g/mol. The zero-order valence-corrected chi connectivity index (χ0v) is 14.9. The number of β-amino-alcohol motifs (C(OH)–C–C–N with tert-alkyl or cyclic N) is 1. The second-order valence-electron chi connectivity index (χ2n) is 6.91. The summed E-state index contributed by atoms with van der Waals surface area (Å²) in [4.78, 5) is 7.07. The van der Waals surface area contributed by atoms with E-state index in [4.69, 9.17) is 4.98 Å². The first kappa shape index (κ1) is 17.0. The van der Waals surface area contributed by atoms with E-state index in [1.54, 1.807) is 6.20 Å². The lowest BCUT2D eigenvalue weighted by atomic mass is 9.98. The van der Waals surface area contributed by atoms with Gasteiger partial charge in [0.2, 0.25) is 0 Å². The SMILES string of the molecule is OCCN1CCCC(CNc2cc(-c3ccccc3)nc3ccnn23)C1. The molecule has 0 amide bonds. The molecule has 1 aromatic carbocycles. The highest BCUT2D eigenvalue weighted by Gasteiger charge is 2.19. The Kier molecular flexibility index (Phi) is 5.13. The molecule has 0 spiro atoms. The number of nitrogens with zero attached hydrogens (tertiary/aromatic N) is 4. The summed E-state index contributed by atoms with van der Waals surface area (Å²) in [5.74, 6) is 1.55. The zero-order chi connectivity index (χ0) is 17.8. The molecule has 136 valence electrons. The Labute approximate surface area is 153 Å². The maximum absolute atomic E-state index is 9.17. The van der Waals surface area contributed by atoms with Gasteiger partial charge in [-0.2, -0.15) is 9.61 Å². The highest BCUT2D eigenvalue weighted by atomic mass is 16.3. The summed E-state index contributed by atoms with van der Waals surface area (Å²) < 4.78 is 1.86. The number of anilines is 1. The molecule has 2 aromatic heterocycles. The minimum Gasteiger partial charge on any atom is -0.395 e. The number of hydrogen-bond acceptors (Lipinski definition) is 5. The molecule has 1 aliphatic rings. The molecule has 0 radical (unpaired) electrons. The Bertz CT molecular complexity index is 846. The van der Waals surface area contributed by atoms with Crippen molar-refractivity contribution in [2.45, 2.75) is 12.8 Å². The van der Waals surface area contributed by atoms with Gasteiger partial charge in [0.15, 0.2) is 5.65 Å². The minimum absolute atomic E-state index is 0.235. The molecule has 6 heteroatoms. The number of aliphatic hydroxyl groups excluding tert-OH is 1. The highest BCUT2D eigenvalue weighted by molar-refractivity contribution is 5.66. The van der Waals surface area contributed by atoms with E-state index in [9.17, 15) is 5.11 Å². The summed E-state index contributed by atoms with van der Waals surface area (Å²) in [6, 6.07) is 14.2. The van der Waals surface area contributed by atoms with Crippen LogP contribution in [-0.2, 0) is 0 Å². The van der Waals surface area contributed by atoms with E-state index in [1.807, 2.05) is 28.8 Å². The molecule has 1 atom stereocenters. The largest absolute Gasteiger partial charge is 0.395 e. The average molecular weight is 351 g/mol. The molecule has 0 bridgehead atoms. The number of likely N-dealkylation sites (tertiary alicyclic amines) is 1. The van der Waals surface area contributed by atoms with Crippen molar-refractivity contribution in [3.05, 3.63) is 48.7 Å². The zero-order valence-electron chi connectivity index (χ0n) is 14.9. The normalized spacial score (nSPS) is 18.3. The van der Waals surface area contributed by atoms with Gasteiger partial charge < -0.3 is 15.3 Å². The van der Waals surface area contributed by atoms with Gasteiger partial charge in [0, 0.05) is 37.3 Å². The minimum atomic E-state index is 0.235. The van der Waals surface area contributed by atoms with Crippen LogP contribution in [0.3, 0.4) is 0 Å². The number of nitrogens with one attached hydrogen (secondary N) is 1. The molecule has 1 fully saturated rings. The molecule has 2 N–H and O–H groups in total. The Hall–Kier alpha value is -2.44. The van der Waals surface area contributed by atoms with Crippen LogP contribution in [0.5, 0.6) is 0 Å². The van der Waals surface area contributed by atoms with E-state index in [0.717, 1.165) is 48.9 Å². The van der Waals surface area contributed by atoms with Crippen LogP contribution in [0.25, 0.3) is 16.9 Å². The van der Waals surface area contributed by atoms with Crippen molar-refractivity contribution >= 4 is 11.5 Å². The van der Waals surface area contributed by atoms with Gasteiger partial charge in [-0.25, -0.2) is 4.98 Å². The van der Waals surface area contributed by atoms with Crippen LogP contribution in [0.4, 0.5) is 5.82 Å². The fourth-order valence-corrected chi connectivity index (χ4v) is 3.71. The van der Waals surface area contributed by atoms with Crippen LogP contribution in [0.1, 0.15) is 12.8 Å². The maximum atomic E-state index is 9.17. The summed E-state index contributed by atoms with van der Waals surface area (Å²) >= 11 is 0. The van der Waals surface area contributed by atoms with Gasteiger partial charge in [0.05, 0.1) is 18.5 Å². The monoisotopic (exact) mass is 351 g/mol. The second-order valence-corrected chi connectivity index (χ2v) is 6.91.